The molecule has 1 N–H and O–H groups in total. The Morgan fingerprint density at radius 1 is 1.23 bits per heavy atom. The number of carbonyl (C=O) groups is 3. The van der Waals surface area contributed by atoms with Crippen LogP contribution in [0.1, 0.15) is 20.8 Å². The number of hydrogen-bond donors (Lipinski definition) is 2. The third kappa shape index (κ3) is 4.07. The molecule has 0 saturated heterocycles. The molecular weight excluding hydrogens is 190 g/mol. The normalized spacial score (nSPS) is 14.5. The smallest absolute Gasteiger partial charge is 0.217 e. The van der Waals surface area contributed by atoms with Gasteiger partial charge in [0, 0.05) is 13.0 Å². The maximum atomic E-state index is 11.0. The van der Waals surface area contributed by atoms with E-state index in [0.29, 0.717) is 0 Å². The van der Waals surface area contributed by atoms with E-state index in [1.165, 1.54) is 13.8 Å². The molecule has 4 nitrogen and oxygen atoms in total. The van der Waals surface area contributed by atoms with Gasteiger partial charge in [0.15, 0.2) is 5.12 Å². The first-order valence-corrected chi connectivity index (χ1v) is 4.31. The summed E-state index contributed by atoms with van der Waals surface area (Å²) in [5, 5.41) is 1.96. The Morgan fingerprint density at radius 2 is 1.69 bits per heavy atom. The third-order valence-electron chi connectivity index (χ3n) is 1.63. The van der Waals surface area contributed by atoms with Crippen LogP contribution in [0.4, 0.5) is 0 Å². The highest BCUT2D eigenvalue weighted by Gasteiger charge is 2.27. The fourth-order valence-corrected chi connectivity index (χ4v) is 1.55. The summed E-state index contributed by atoms with van der Waals surface area (Å²) in [6, 6.07) is -0.500. The number of rotatable bonds is 4. The summed E-state index contributed by atoms with van der Waals surface area (Å²) in [5.74, 6) is -1.41. The van der Waals surface area contributed by atoms with Crippen molar-refractivity contribution in [2.45, 2.75) is 26.8 Å². The highest BCUT2D eigenvalue weighted by atomic mass is 32.1. The molecule has 0 aliphatic heterocycles. The van der Waals surface area contributed by atoms with E-state index in [0.717, 1.165) is 0 Å². The molecule has 5 heteroatoms. The van der Waals surface area contributed by atoms with E-state index in [9.17, 15) is 14.4 Å². The molecule has 0 fully saturated rings. The van der Waals surface area contributed by atoms with E-state index in [2.05, 4.69) is 17.9 Å². The van der Waals surface area contributed by atoms with E-state index in [4.69, 9.17) is 0 Å². The predicted octanol–water partition coefficient (Wildman–Crippen LogP) is 0.173. The zero-order valence-corrected chi connectivity index (χ0v) is 8.72. The van der Waals surface area contributed by atoms with E-state index >= 15 is 0 Å². The Bertz CT molecular complexity index is 226. The molecule has 1 unspecified atom stereocenters. The van der Waals surface area contributed by atoms with Crippen LogP contribution < -0.4 is 5.32 Å². The number of hydrogen-bond acceptors (Lipinski definition) is 3. The fourth-order valence-electron chi connectivity index (χ4n) is 1.14. The van der Waals surface area contributed by atoms with Crippen molar-refractivity contribution in [1.82, 2.24) is 5.32 Å². The lowest BCUT2D eigenvalue weighted by molar-refractivity contribution is -0.128. The van der Waals surface area contributed by atoms with Crippen LogP contribution in [0, 0.1) is 5.92 Å². The molecule has 74 valence electrons. The molecule has 0 radical (unpaired) electrons. The lowest BCUT2D eigenvalue weighted by Gasteiger charge is -2.18. The fraction of sp³-hybridized carbons (Fsp3) is 0.625. The van der Waals surface area contributed by atoms with Gasteiger partial charge in [0.1, 0.15) is 11.7 Å². The highest BCUT2D eigenvalue weighted by Crippen LogP contribution is 2.09. The maximum Gasteiger partial charge on any atom is 0.217 e. The Hall–Kier alpha value is -0.840. The Morgan fingerprint density at radius 3 is 1.92 bits per heavy atom. The molecule has 0 rings (SSSR count). The van der Waals surface area contributed by atoms with Gasteiger partial charge in [0.05, 0.1) is 0 Å². The first kappa shape index (κ1) is 12.2. The molecule has 2 atom stereocenters. The predicted molar refractivity (Wildman–Crippen MR) is 51.4 cm³/mol. The van der Waals surface area contributed by atoms with Crippen LogP contribution in [0.25, 0.3) is 0 Å². The van der Waals surface area contributed by atoms with Gasteiger partial charge in [-0.15, -0.1) is 12.6 Å². The summed E-state index contributed by atoms with van der Waals surface area (Å²) in [5.41, 5.74) is 0. The van der Waals surface area contributed by atoms with Gasteiger partial charge < -0.3 is 5.32 Å². The van der Waals surface area contributed by atoms with Crippen molar-refractivity contribution in [3.8, 4) is 0 Å². The van der Waals surface area contributed by atoms with Crippen molar-refractivity contribution in [2.24, 2.45) is 5.92 Å². The van der Waals surface area contributed by atoms with Gasteiger partial charge in [-0.05, 0) is 13.8 Å². The van der Waals surface area contributed by atoms with Crippen molar-refractivity contribution < 1.29 is 14.4 Å². The van der Waals surface area contributed by atoms with E-state index in [1.807, 2.05) is 0 Å². The monoisotopic (exact) mass is 203 g/mol. The first-order chi connectivity index (χ1) is 5.86. The van der Waals surface area contributed by atoms with Crippen LogP contribution in [-0.4, -0.2) is 22.8 Å². The summed E-state index contributed by atoms with van der Waals surface area (Å²) in [7, 11) is 0. The van der Waals surface area contributed by atoms with Gasteiger partial charge in [0.25, 0.3) is 0 Å². The van der Waals surface area contributed by atoms with Gasteiger partial charge >= 0.3 is 0 Å². The molecule has 0 heterocycles. The maximum absolute atomic E-state index is 11.0. The number of ketones is 1. The Balaban J connectivity index is 4.46. The molecule has 0 aromatic rings. The van der Waals surface area contributed by atoms with Crippen LogP contribution >= 0.6 is 12.6 Å². The van der Waals surface area contributed by atoms with Gasteiger partial charge in [0.2, 0.25) is 5.91 Å². The largest absolute Gasteiger partial charge is 0.353 e. The standard InChI is InChI=1S/C8H13NO3S/c1-4(9-6(3)11)7(5(2)10)8(12)13/h4,7H,1-3H3,(H,9,11)(H,12,13)/t4?,7-/m0/s1. The van der Waals surface area contributed by atoms with Gasteiger partial charge in [-0.1, -0.05) is 0 Å². The lowest BCUT2D eigenvalue weighted by Crippen LogP contribution is -2.42. The van der Waals surface area contributed by atoms with Crippen molar-refractivity contribution in [3.63, 3.8) is 0 Å². The Kier molecular flexibility index (Phi) is 4.69. The van der Waals surface area contributed by atoms with Crippen molar-refractivity contribution in [3.05, 3.63) is 0 Å². The summed E-state index contributed by atoms with van der Waals surface area (Å²) in [4.78, 5) is 32.5. The second-order valence-corrected chi connectivity index (χ2v) is 3.36. The minimum absolute atomic E-state index is 0.270. The quantitative estimate of drug-likeness (QED) is 0.506. The summed E-state index contributed by atoms with van der Waals surface area (Å²) >= 11 is 3.58. The van der Waals surface area contributed by atoms with E-state index in [1.54, 1.807) is 6.92 Å². The second kappa shape index (κ2) is 5.01. The van der Waals surface area contributed by atoms with Crippen LogP contribution in [-0.2, 0) is 14.4 Å². The molecule has 1 amide bonds. The lowest BCUT2D eigenvalue weighted by atomic mass is 9.99. The molecule has 0 bridgehead atoms. The zero-order chi connectivity index (χ0) is 10.6. The average molecular weight is 203 g/mol. The minimum atomic E-state index is -0.854. The molecule has 13 heavy (non-hydrogen) atoms. The third-order valence-corrected chi connectivity index (χ3v) is 1.91. The number of thiol groups is 1. The Labute approximate surface area is 82.5 Å². The molecular formula is C8H13NO3S. The molecule has 0 saturated carbocycles. The summed E-state index contributed by atoms with van der Waals surface area (Å²) in [6.45, 7) is 4.23. The zero-order valence-electron chi connectivity index (χ0n) is 7.83. The highest BCUT2D eigenvalue weighted by molar-refractivity contribution is 7.96. The molecule has 0 spiro atoms. The summed E-state index contributed by atoms with van der Waals surface area (Å²) < 4.78 is 0. The van der Waals surface area contributed by atoms with Crippen LogP contribution in [0.5, 0.6) is 0 Å². The van der Waals surface area contributed by atoms with E-state index < -0.39 is 17.1 Å². The summed E-state index contributed by atoms with van der Waals surface area (Å²) in [6.07, 6.45) is 0. The van der Waals surface area contributed by atoms with Crippen molar-refractivity contribution in [2.75, 3.05) is 0 Å². The number of Topliss-reactive ketones (excluding diaryl/α,β-unsaturated/α-hetero) is 1. The topological polar surface area (TPSA) is 63.2 Å². The van der Waals surface area contributed by atoms with Crippen molar-refractivity contribution in [1.29, 1.82) is 0 Å². The molecule has 0 aromatic heterocycles. The minimum Gasteiger partial charge on any atom is -0.353 e. The van der Waals surface area contributed by atoms with Gasteiger partial charge in [-0.3, -0.25) is 14.4 Å². The number of amides is 1. The first-order valence-electron chi connectivity index (χ1n) is 3.86. The SMILES string of the molecule is CC(=O)NC(C)[C@@H](C(C)=O)C(=O)S. The van der Waals surface area contributed by atoms with Crippen LogP contribution in [0.2, 0.25) is 0 Å². The van der Waals surface area contributed by atoms with Gasteiger partial charge in [-0.25, -0.2) is 0 Å². The number of nitrogens with one attached hydrogen (secondary N) is 1. The second-order valence-electron chi connectivity index (χ2n) is 2.92. The average Bonchev–Trinajstić information content (AvgIpc) is 1.81. The van der Waals surface area contributed by atoms with Crippen molar-refractivity contribution >= 4 is 29.4 Å². The molecule has 0 aromatic carbocycles. The van der Waals surface area contributed by atoms with E-state index in [-0.39, 0.29) is 11.7 Å². The van der Waals surface area contributed by atoms with Crippen LogP contribution in [0.15, 0.2) is 0 Å². The molecule has 0 aliphatic carbocycles. The number of carbonyl (C=O) groups excluding carboxylic acids is 3. The van der Waals surface area contributed by atoms with Crippen LogP contribution in [0.3, 0.4) is 0 Å². The molecule has 0 aliphatic rings. The van der Waals surface area contributed by atoms with Gasteiger partial charge in [-0.2, -0.15) is 0 Å².